The Hall–Kier alpha value is -1.75. The number of piperazine rings is 1. The number of aromatic nitrogens is 1. The van der Waals surface area contributed by atoms with Crippen molar-refractivity contribution in [3.8, 4) is 5.69 Å². The van der Waals surface area contributed by atoms with Crippen molar-refractivity contribution in [2.45, 2.75) is 12.8 Å². The lowest BCUT2D eigenvalue weighted by molar-refractivity contribution is 0.313. The highest BCUT2D eigenvalue weighted by Gasteiger charge is 2.29. The van der Waals surface area contributed by atoms with E-state index in [0.717, 1.165) is 67.3 Å². The summed E-state index contributed by atoms with van der Waals surface area (Å²) in [5, 5.41) is 1.26. The number of hydrogen-bond acceptors (Lipinski definition) is 3. The molecule has 134 valence electrons. The van der Waals surface area contributed by atoms with Gasteiger partial charge in [-0.15, -0.1) is 0 Å². The van der Waals surface area contributed by atoms with Crippen LogP contribution in [0.2, 0.25) is 5.02 Å². The molecule has 0 spiro atoms. The topological polar surface area (TPSA) is 23.8 Å². The third kappa shape index (κ3) is 2.43. The number of nitrogens with zero attached hydrogens (tertiary/aromatic N) is 4. The number of aliphatic imine (C=N–C) groups is 1. The van der Waals surface area contributed by atoms with E-state index in [1.54, 1.807) is 0 Å². The van der Waals surface area contributed by atoms with Crippen molar-refractivity contribution in [3.63, 3.8) is 0 Å². The maximum atomic E-state index is 6.69. The second kappa shape index (κ2) is 6.15. The Kier molecular flexibility index (Phi) is 3.89. The third-order valence-corrected chi connectivity index (χ3v) is 6.18. The molecule has 2 aromatic rings. The van der Waals surface area contributed by atoms with Crippen LogP contribution in [0.5, 0.6) is 0 Å². The normalized spacial score (nSPS) is 19.4. The summed E-state index contributed by atoms with van der Waals surface area (Å²) < 4.78 is 2.18. The summed E-state index contributed by atoms with van der Waals surface area (Å²) in [5.41, 5.74) is 6.39. The van der Waals surface area contributed by atoms with E-state index in [4.69, 9.17) is 28.2 Å². The Morgan fingerprint density at radius 3 is 2.65 bits per heavy atom. The number of aryl methyl sites for hydroxylation is 1. The van der Waals surface area contributed by atoms with Crippen LogP contribution in [-0.2, 0) is 6.42 Å². The highest BCUT2D eigenvalue weighted by atomic mass is 35.5. The molecule has 1 aromatic carbocycles. The Balaban J connectivity index is 1.75. The highest BCUT2D eigenvalue weighted by molar-refractivity contribution is 6.76. The van der Waals surface area contributed by atoms with Crippen LogP contribution in [0.4, 0.5) is 11.4 Å². The molecule has 0 unspecified atom stereocenters. The minimum Gasteiger partial charge on any atom is -0.367 e. The van der Waals surface area contributed by atoms with Crippen LogP contribution in [-0.4, -0.2) is 47.9 Å². The smallest absolute Gasteiger partial charge is 0.138 e. The standard InChI is InChI=1S/C20H20Cl2N4/c1-24-9-11-25(12-10-24)16-6-5-15(21)19-17(16)23-20(22)14-4-2-3-13-7-8-26(19)18(13)14/h4-8H,2-3,9-12H2,1H3. The molecular weight excluding hydrogens is 367 g/mol. The average molecular weight is 387 g/mol. The average Bonchev–Trinajstić information content (AvgIpc) is 3.01. The number of allylic oxidation sites excluding steroid dienone is 2. The summed E-state index contributed by atoms with van der Waals surface area (Å²) in [6.45, 7) is 4.03. The second-order valence-corrected chi connectivity index (χ2v) is 7.94. The summed E-state index contributed by atoms with van der Waals surface area (Å²) >= 11 is 13.4. The van der Waals surface area contributed by atoms with Gasteiger partial charge in [-0.1, -0.05) is 29.3 Å². The molecule has 4 nitrogen and oxygen atoms in total. The number of hydrogen-bond donors (Lipinski definition) is 0. The molecule has 0 saturated carbocycles. The van der Waals surface area contributed by atoms with E-state index in [0.29, 0.717) is 10.2 Å². The first kappa shape index (κ1) is 16.4. The largest absolute Gasteiger partial charge is 0.367 e. The Morgan fingerprint density at radius 1 is 1.04 bits per heavy atom. The van der Waals surface area contributed by atoms with Gasteiger partial charge in [0.1, 0.15) is 10.9 Å². The van der Waals surface area contributed by atoms with Crippen LogP contribution in [0.3, 0.4) is 0 Å². The lowest BCUT2D eigenvalue weighted by Crippen LogP contribution is -2.44. The van der Waals surface area contributed by atoms with Crippen molar-refractivity contribution in [3.05, 3.63) is 46.8 Å². The lowest BCUT2D eigenvalue weighted by Gasteiger charge is -2.35. The molecule has 0 bridgehead atoms. The Labute approximate surface area is 163 Å². The zero-order valence-corrected chi connectivity index (χ0v) is 16.2. The number of likely N-dealkylation sites (N-methyl/N-ethyl adjacent to an activating group) is 1. The van der Waals surface area contributed by atoms with Crippen LogP contribution in [0.25, 0.3) is 11.3 Å². The third-order valence-electron chi connectivity index (χ3n) is 5.58. The van der Waals surface area contributed by atoms with Crippen LogP contribution >= 0.6 is 23.2 Å². The monoisotopic (exact) mass is 386 g/mol. The van der Waals surface area contributed by atoms with Gasteiger partial charge in [0, 0.05) is 37.9 Å². The van der Waals surface area contributed by atoms with Crippen LogP contribution in [0.1, 0.15) is 17.7 Å². The zero-order valence-electron chi connectivity index (χ0n) is 14.7. The van der Waals surface area contributed by atoms with Crippen molar-refractivity contribution in [2.24, 2.45) is 4.99 Å². The molecule has 6 heteroatoms. The lowest BCUT2D eigenvalue weighted by atomic mass is 9.98. The minimum absolute atomic E-state index is 0.558. The summed E-state index contributed by atoms with van der Waals surface area (Å²) in [6, 6.07) is 6.25. The minimum atomic E-state index is 0.558. The number of fused-ring (bicyclic) bond motifs is 2. The van der Waals surface area contributed by atoms with Crippen molar-refractivity contribution >= 4 is 45.3 Å². The van der Waals surface area contributed by atoms with Crippen molar-refractivity contribution < 1.29 is 0 Å². The molecule has 1 saturated heterocycles. The fraction of sp³-hybridized carbons (Fsp3) is 0.350. The molecule has 0 atom stereocenters. The molecule has 1 aliphatic carbocycles. The zero-order chi connectivity index (χ0) is 17.8. The molecule has 5 rings (SSSR count). The molecule has 0 radical (unpaired) electrons. The van der Waals surface area contributed by atoms with E-state index < -0.39 is 0 Å². The molecule has 3 aliphatic rings. The fourth-order valence-corrected chi connectivity index (χ4v) is 4.65. The molecule has 2 aliphatic heterocycles. The predicted octanol–water partition coefficient (Wildman–Crippen LogP) is 4.49. The molecule has 0 N–H and O–H groups in total. The van der Waals surface area contributed by atoms with Gasteiger partial charge in [0.15, 0.2) is 0 Å². The van der Waals surface area contributed by atoms with Gasteiger partial charge in [-0.25, -0.2) is 4.99 Å². The second-order valence-electron chi connectivity index (χ2n) is 7.17. The SMILES string of the molecule is CN1CCN(c2ccc(Cl)c3c2N=C(Cl)C2=CCCc4ccn-3c42)CC1. The van der Waals surface area contributed by atoms with Gasteiger partial charge in [-0.2, -0.15) is 0 Å². The summed E-state index contributed by atoms with van der Waals surface area (Å²) in [7, 11) is 2.16. The quantitative estimate of drug-likeness (QED) is 0.720. The van der Waals surface area contributed by atoms with E-state index in [1.807, 2.05) is 6.07 Å². The number of rotatable bonds is 1. The number of benzene rings is 1. The molecule has 26 heavy (non-hydrogen) atoms. The van der Waals surface area contributed by atoms with Gasteiger partial charge in [-0.3, -0.25) is 0 Å². The fourth-order valence-electron chi connectivity index (χ4n) is 4.16. The summed E-state index contributed by atoms with van der Waals surface area (Å²) in [5.74, 6) is 0. The highest BCUT2D eigenvalue weighted by Crippen LogP contribution is 2.46. The Bertz CT molecular complexity index is 949. The van der Waals surface area contributed by atoms with Crippen LogP contribution in [0, 0.1) is 0 Å². The van der Waals surface area contributed by atoms with Gasteiger partial charge in [0.25, 0.3) is 0 Å². The number of halogens is 2. The van der Waals surface area contributed by atoms with Crippen LogP contribution < -0.4 is 4.90 Å². The molecule has 1 fully saturated rings. The van der Waals surface area contributed by atoms with E-state index in [1.165, 1.54) is 5.56 Å². The summed E-state index contributed by atoms with van der Waals surface area (Å²) in [4.78, 5) is 9.60. The van der Waals surface area contributed by atoms with E-state index in [9.17, 15) is 0 Å². The van der Waals surface area contributed by atoms with Crippen LogP contribution in [0.15, 0.2) is 35.5 Å². The van der Waals surface area contributed by atoms with E-state index >= 15 is 0 Å². The van der Waals surface area contributed by atoms with Crippen molar-refractivity contribution in [2.75, 3.05) is 38.1 Å². The molecule has 1 aromatic heterocycles. The molecule has 3 heterocycles. The van der Waals surface area contributed by atoms with Gasteiger partial charge in [0.05, 0.1) is 22.1 Å². The van der Waals surface area contributed by atoms with Crippen molar-refractivity contribution in [1.29, 1.82) is 0 Å². The first-order valence-electron chi connectivity index (χ1n) is 9.05. The maximum Gasteiger partial charge on any atom is 0.138 e. The first-order valence-corrected chi connectivity index (χ1v) is 9.81. The van der Waals surface area contributed by atoms with E-state index in [-0.39, 0.29) is 0 Å². The van der Waals surface area contributed by atoms with Gasteiger partial charge in [0.2, 0.25) is 0 Å². The van der Waals surface area contributed by atoms with Gasteiger partial charge < -0.3 is 14.4 Å². The predicted molar refractivity (Wildman–Crippen MR) is 110 cm³/mol. The van der Waals surface area contributed by atoms with Gasteiger partial charge in [-0.05, 0) is 43.7 Å². The molecular formula is C20H20Cl2N4. The molecule has 0 amide bonds. The number of anilines is 1. The van der Waals surface area contributed by atoms with Gasteiger partial charge >= 0.3 is 0 Å². The summed E-state index contributed by atoms with van der Waals surface area (Å²) in [6.07, 6.45) is 6.32. The van der Waals surface area contributed by atoms with E-state index in [2.05, 4.69) is 45.8 Å². The van der Waals surface area contributed by atoms with Crippen molar-refractivity contribution in [1.82, 2.24) is 9.47 Å². The maximum absolute atomic E-state index is 6.69. The Morgan fingerprint density at radius 2 is 1.85 bits per heavy atom. The first-order chi connectivity index (χ1) is 12.6.